The summed E-state index contributed by atoms with van der Waals surface area (Å²) in [5, 5.41) is 6.32. The van der Waals surface area contributed by atoms with Crippen LogP contribution in [0.2, 0.25) is 0 Å². The van der Waals surface area contributed by atoms with Crippen LogP contribution in [0.15, 0.2) is 0 Å². The van der Waals surface area contributed by atoms with Crippen molar-refractivity contribution in [3.8, 4) is 0 Å². The number of carbonyl (C=O) groups is 1. The number of amides is 1. The van der Waals surface area contributed by atoms with Crippen LogP contribution in [0, 0.1) is 0 Å². The quantitative estimate of drug-likeness (QED) is 0.768. The number of nitrogens with one attached hydrogen (secondary N) is 2. The van der Waals surface area contributed by atoms with Crippen molar-refractivity contribution >= 4 is 18.3 Å². The third kappa shape index (κ3) is 4.68. The topological polar surface area (TPSA) is 44.4 Å². The molecule has 2 N–H and O–H groups in total. The van der Waals surface area contributed by atoms with Gasteiger partial charge in [0.25, 0.3) is 0 Å². The van der Waals surface area contributed by atoms with Gasteiger partial charge in [0.05, 0.1) is 6.04 Å². The minimum absolute atomic E-state index is 0. The van der Waals surface area contributed by atoms with Gasteiger partial charge in [-0.2, -0.15) is 0 Å². The summed E-state index contributed by atoms with van der Waals surface area (Å²) in [5.41, 5.74) is 0. The molecule has 16 heavy (non-hydrogen) atoms. The lowest BCUT2D eigenvalue weighted by Gasteiger charge is -2.35. The van der Waals surface area contributed by atoms with Crippen LogP contribution in [-0.2, 0) is 4.79 Å². The second-order valence-corrected chi connectivity index (χ2v) is 4.32. The van der Waals surface area contributed by atoms with Gasteiger partial charge in [0.1, 0.15) is 0 Å². The van der Waals surface area contributed by atoms with E-state index in [1.807, 2.05) is 6.92 Å². The summed E-state index contributed by atoms with van der Waals surface area (Å²) in [6, 6.07) is 0.487. The van der Waals surface area contributed by atoms with Gasteiger partial charge in [-0.3, -0.25) is 9.69 Å². The molecule has 2 atom stereocenters. The van der Waals surface area contributed by atoms with Gasteiger partial charge < -0.3 is 10.6 Å². The molecule has 0 aromatic heterocycles. The molecule has 0 saturated carbocycles. The molecule has 0 radical (unpaired) electrons. The Labute approximate surface area is 105 Å². The van der Waals surface area contributed by atoms with Crippen LogP contribution in [-0.4, -0.2) is 49.1 Å². The Morgan fingerprint density at radius 3 is 2.88 bits per heavy atom. The molecule has 1 saturated heterocycles. The highest BCUT2D eigenvalue weighted by molar-refractivity contribution is 5.85. The lowest BCUT2D eigenvalue weighted by molar-refractivity contribution is -0.126. The van der Waals surface area contributed by atoms with Gasteiger partial charge in [-0.15, -0.1) is 12.4 Å². The van der Waals surface area contributed by atoms with Crippen molar-refractivity contribution in [1.29, 1.82) is 0 Å². The Balaban J connectivity index is 0.00000225. The first-order valence-corrected chi connectivity index (χ1v) is 5.90. The summed E-state index contributed by atoms with van der Waals surface area (Å²) in [4.78, 5) is 14.0. The van der Waals surface area contributed by atoms with Crippen molar-refractivity contribution in [1.82, 2.24) is 15.5 Å². The largest absolute Gasteiger partial charge is 0.355 e. The zero-order chi connectivity index (χ0) is 11.3. The van der Waals surface area contributed by atoms with E-state index in [9.17, 15) is 4.79 Å². The van der Waals surface area contributed by atoms with Crippen LogP contribution < -0.4 is 10.6 Å². The van der Waals surface area contributed by atoms with E-state index < -0.39 is 0 Å². The van der Waals surface area contributed by atoms with E-state index in [1.165, 1.54) is 0 Å². The van der Waals surface area contributed by atoms with Gasteiger partial charge in [-0.25, -0.2) is 0 Å². The number of piperazine rings is 1. The highest BCUT2D eigenvalue weighted by Crippen LogP contribution is 2.04. The van der Waals surface area contributed by atoms with Crippen molar-refractivity contribution in [3.63, 3.8) is 0 Å². The average molecular weight is 250 g/mol. The van der Waals surface area contributed by atoms with E-state index in [2.05, 4.69) is 29.4 Å². The molecular weight excluding hydrogens is 226 g/mol. The fourth-order valence-electron chi connectivity index (χ4n) is 1.88. The Bertz CT molecular complexity index is 213. The summed E-state index contributed by atoms with van der Waals surface area (Å²) >= 11 is 0. The normalized spacial score (nSPS) is 23.3. The minimum atomic E-state index is 0. The maximum absolute atomic E-state index is 11.7. The molecule has 1 fully saturated rings. The van der Waals surface area contributed by atoms with E-state index in [1.54, 1.807) is 0 Å². The average Bonchev–Trinajstić information content (AvgIpc) is 2.24. The SMILES string of the molecule is CCCNC(=O)C(C)N1CCNC(C)C1.Cl. The number of halogens is 1. The summed E-state index contributed by atoms with van der Waals surface area (Å²) in [6.45, 7) is 9.90. The number of nitrogens with zero attached hydrogens (tertiary/aromatic N) is 1. The van der Waals surface area contributed by atoms with E-state index in [4.69, 9.17) is 0 Å². The highest BCUT2D eigenvalue weighted by atomic mass is 35.5. The molecule has 1 amide bonds. The molecule has 0 bridgehead atoms. The molecule has 0 aromatic rings. The molecule has 1 aliphatic heterocycles. The van der Waals surface area contributed by atoms with Gasteiger partial charge in [0.2, 0.25) is 5.91 Å². The Morgan fingerprint density at radius 2 is 2.31 bits per heavy atom. The van der Waals surface area contributed by atoms with Crippen LogP contribution in [0.4, 0.5) is 0 Å². The van der Waals surface area contributed by atoms with Gasteiger partial charge in [-0.1, -0.05) is 6.92 Å². The first-order chi connectivity index (χ1) is 7.15. The molecule has 0 aliphatic carbocycles. The van der Waals surface area contributed by atoms with Crippen LogP contribution in [0.25, 0.3) is 0 Å². The number of rotatable bonds is 4. The highest BCUT2D eigenvalue weighted by Gasteiger charge is 2.24. The molecule has 1 heterocycles. The fourth-order valence-corrected chi connectivity index (χ4v) is 1.88. The second kappa shape index (κ2) is 7.87. The van der Waals surface area contributed by atoms with Crippen molar-refractivity contribution in [2.75, 3.05) is 26.2 Å². The van der Waals surface area contributed by atoms with Crippen LogP contribution in [0.5, 0.6) is 0 Å². The van der Waals surface area contributed by atoms with Gasteiger partial charge in [-0.05, 0) is 20.3 Å². The van der Waals surface area contributed by atoms with Crippen LogP contribution >= 0.6 is 12.4 Å². The summed E-state index contributed by atoms with van der Waals surface area (Å²) in [5.74, 6) is 0.158. The zero-order valence-electron chi connectivity index (χ0n) is 10.5. The maximum atomic E-state index is 11.7. The van der Waals surface area contributed by atoms with E-state index >= 15 is 0 Å². The Kier molecular flexibility index (Phi) is 7.72. The summed E-state index contributed by atoms with van der Waals surface area (Å²) in [6.07, 6.45) is 0.996. The first kappa shape index (κ1) is 15.7. The van der Waals surface area contributed by atoms with Crippen molar-refractivity contribution in [2.45, 2.75) is 39.3 Å². The predicted molar refractivity (Wildman–Crippen MR) is 69.0 cm³/mol. The predicted octanol–water partition coefficient (Wildman–Crippen LogP) is 0.617. The molecule has 5 heteroatoms. The molecule has 4 nitrogen and oxygen atoms in total. The van der Waals surface area contributed by atoms with Crippen LogP contribution in [0.3, 0.4) is 0 Å². The molecule has 96 valence electrons. The second-order valence-electron chi connectivity index (χ2n) is 4.32. The number of hydrogen-bond acceptors (Lipinski definition) is 3. The molecule has 0 spiro atoms. The fraction of sp³-hybridized carbons (Fsp3) is 0.909. The monoisotopic (exact) mass is 249 g/mol. The van der Waals surface area contributed by atoms with E-state index in [0.29, 0.717) is 6.04 Å². The Hall–Kier alpha value is -0.320. The van der Waals surface area contributed by atoms with Crippen LogP contribution in [0.1, 0.15) is 27.2 Å². The first-order valence-electron chi connectivity index (χ1n) is 5.90. The smallest absolute Gasteiger partial charge is 0.237 e. The third-order valence-corrected chi connectivity index (χ3v) is 2.88. The lowest BCUT2D eigenvalue weighted by Crippen LogP contribution is -2.55. The number of hydrogen-bond donors (Lipinski definition) is 2. The standard InChI is InChI=1S/C11H23N3O.ClH/c1-4-5-13-11(15)10(3)14-7-6-12-9(2)8-14;/h9-10,12H,4-8H2,1-3H3,(H,13,15);1H. The third-order valence-electron chi connectivity index (χ3n) is 2.88. The van der Waals surface area contributed by atoms with Gasteiger partial charge in [0.15, 0.2) is 0 Å². The zero-order valence-corrected chi connectivity index (χ0v) is 11.3. The molecule has 0 aromatic carbocycles. The van der Waals surface area contributed by atoms with Crippen molar-refractivity contribution in [3.05, 3.63) is 0 Å². The summed E-state index contributed by atoms with van der Waals surface area (Å²) in [7, 11) is 0. The van der Waals surface area contributed by atoms with Crippen molar-refractivity contribution < 1.29 is 4.79 Å². The van der Waals surface area contributed by atoms with E-state index in [-0.39, 0.29) is 24.4 Å². The minimum Gasteiger partial charge on any atom is -0.355 e. The van der Waals surface area contributed by atoms with Crippen molar-refractivity contribution in [2.24, 2.45) is 0 Å². The van der Waals surface area contributed by atoms with Gasteiger partial charge >= 0.3 is 0 Å². The summed E-state index contributed by atoms with van der Waals surface area (Å²) < 4.78 is 0. The number of carbonyl (C=O) groups excluding carboxylic acids is 1. The molecule has 2 unspecified atom stereocenters. The lowest BCUT2D eigenvalue weighted by atomic mass is 10.1. The molecular formula is C11H24ClN3O. The molecule has 1 aliphatic rings. The Morgan fingerprint density at radius 1 is 1.62 bits per heavy atom. The maximum Gasteiger partial charge on any atom is 0.237 e. The van der Waals surface area contributed by atoms with E-state index in [0.717, 1.165) is 32.6 Å². The molecule has 1 rings (SSSR count). The van der Waals surface area contributed by atoms with Gasteiger partial charge in [0, 0.05) is 32.2 Å².